The van der Waals surface area contributed by atoms with Gasteiger partial charge in [-0.1, -0.05) is 12.1 Å². The van der Waals surface area contributed by atoms with Crippen LogP contribution >= 0.6 is 0 Å². The predicted molar refractivity (Wildman–Crippen MR) is 67.5 cm³/mol. The largest absolute Gasteiger partial charge is 0.485 e. The van der Waals surface area contributed by atoms with Crippen molar-refractivity contribution in [3.05, 3.63) is 24.3 Å². The number of carbonyl (C=O) groups excluding carboxylic acids is 1. The highest BCUT2D eigenvalue weighted by Gasteiger charge is 2.23. The molecule has 19 heavy (non-hydrogen) atoms. The Balaban J connectivity index is 2.00. The lowest BCUT2D eigenvalue weighted by Crippen LogP contribution is -2.25. The Morgan fingerprint density at radius 3 is 2.95 bits per heavy atom. The summed E-state index contributed by atoms with van der Waals surface area (Å²) < 4.78 is 29.3. The summed E-state index contributed by atoms with van der Waals surface area (Å²) in [6.45, 7) is 0.783. The van der Waals surface area contributed by atoms with E-state index in [0.29, 0.717) is 12.2 Å². The van der Waals surface area contributed by atoms with Crippen LogP contribution < -0.4 is 15.4 Å². The van der Waals surface area contributed by atoms with Crippen LogP contribution in [0, 0.1) is 5.92 Å². The van der Waals surface area contributed by atoms with Crippen LogP contribution in [-0.4, -0.2) is 32.0 Å². The zero-order chi connectivity index (χ0) is 13.7. The summed E-state index contributed by atoms with van der Waals surface area (Å²) in [7, 11) is 0. The van der Waals surface area contributed by atoms with Gasteiger partial charge in [0.15, 0.2) is 0 Å². The van der Waals surface area contributed by atoms with Gasteiger partial charge in [0.05, 0.1) is 11.6 Å². The van der Waals surface area contributed by atoms with E-state index in [4.69, 9.17) is 4.74 Å². The summed E-state index contributed by atoms with van der Waals surface area (Å²) in [5, 5.41) is 5.83. The summed E-state index contributed by atoms with van der Waals surface area (Å²) >= 11 is 0. The van der Waals surface area contributed by atoms with Crippen LogP contribution in [0.15, 0.2) is 24.3 Å². The molecule has 0 bridgehead atoms. The molecule has 1 unspecified atom stereocenters. The normalized spacial score (nSPS) is 18.6. The number of hydrogen-bond donors (Lipinski definition) is 2. The second-order valence-corrected chi connectivity index (χ2v) is 4.38. The maximum atomic E-state index is 12.1. The van der Waals surface area contributed by atoms with Crippen LogP contribution in [0.25, 0.3) is 0 Å². The van der Waals surface area contributed by atoms with Gasteiger partial charge < -0.3 is 15.4 Å². The third-order valence-corrected chi connectivity index (χ3v) is 2.94. The summed E-state index contributed by atoms with van der Waals surface area (Å²) in [5.74, 6) is 0.0726. The number of amides is 1. The van der Waals surface area contributed by atoms with Crippen molar-refractivity contribution in [1.29, 1.82) is 0 Å². The van der Waals surface area contributed by atoms with E-state index in [0.717, 1.165) is 13.0 Å². The predicted octanol–water partition coefficient (Wildman–Crippen LogP) is 1.88. The molecule has 2 rings (SSSR count). The first kappa shape index (κ1) is 13.7. The van der Waals surface area contributed by atoms with Gasteiger partial charge in [-0.15, -0.1) is 0 Å². The first-order valence-electron chi connectivity index (χ1n) is 6.18. The van der Waals surface area contributed by atoms with E-state index >= 15 is 0 Å². The summed E-state index contributed by atoms with van der Waals surface area (Å²) in [6.07, 6.45) is -1.76. The van der Waals surface area contributed by atoms with Crippen LogP contribution in [-0.2, 0) is 4.79 Å². The van der Waals surface area contributed by atoms with Crippen molar-refractivity contribution >= 4 is 11.6 Å². The standard InChI is InChI=1S/C13H16F2N2O2/c14-12(15)8-19-11-4-2-1-3-10(11)17-13(18)9-5-6-16-7-9/h1-4,9,12,16H,5-8H2,(H,17,18). The molecule has 2 N–H and O–H groups in total. The van der Waals surface area contributed by atoms with Gasteiger partial charge in [0.25, 0.3) is 6.43 Å². The molecule has 6 heteroatoms. The molecule has 0 radical (unpaired) electrons. The van der Waals surface area contributed by atoms with E-state index in [1.807, 2.05) is 0 Å². The fraction of sp³-hybridized carbons (Fsp3) is 0.462. The molecule has 1 heterocycles. The first-order valence-corrected chi connectivity index (χ1v) is 6.18. The second-order valence-electron chi connectivity index (χ2n) is 4.38. The van der Waals surface area contributed by atoms with Crippen molar-refractivity contribution in [3.63, 3.8) is 0 Å². The number of benzene rings is 1. The number of para-hydroxylation sites is 2. The van der Waals surface area contributed by atoms with Crippen LogP contribution in [0.1, 0.15) is 6.42 Å². The molecule has 1 saturated heterocycles. The maximum absolute atomic E-state index is 12.1. The van der Waals surface area contributed by atoms with E-state index in [2.05, 4.69) is 10.6 Å². The summed E-state index contributed by atoms with van der Waals surface area (Å²) in [4.78, 5) is 12.0. The minimum atomic E-state index is -2.54. The molecule has 0 spiro atoms. The SMILES string of the molecule is O=C(Nc1ccccc1OCC(F)F)C1CCNC1. The number of halogens is 2. The third kappa shape index (κ3) is 3.89. The number of nitrogens with one attached hydrogen (secondary N) is 2. The van der Waals surface area contributed by atoms with Gasteiger partial charge >= 0.3 is 0 Å². The lowest BCUT2D eigenvalue weighted by molar-refractivity contribution is -0.119. The van der Waals surface area contributed by atoms with E-state index < -0.39 is 13.0 Å². The third-order valence-electron chi connectivity index (χ3n) is 2.94. The molecule has 1 amide bonds. The Morgan fingerprint density at radius 1 is 1.47 bits per heavy atom. The van der Waals surface area contributed by atoms with Crippen LogP contribution in [0.4, 0.5) is 14.5 Å². The van der Waals surface area contributed by atoms with Gasteiger partial charge in [-0.3, -0.25) is 4.79 Å². The monoisotopic (exact) mass is 270 g/mol. The van der Waals surface area contributed by atoms with Gasteiger partial charge in [-0.05, 0) is 25.1 Å². The Kier molecular flexibility index (Phi) is 4.68. The Labute approximate surface area is 110 Å². The zero-order valence-corrected chi connectivity index (χ0v) is 10.4. The minimum Gasteiger partial charge on any atom is -0.485 e. The van der Waals surface area contributed by atoms with Crippen LogP contribution in [0.5, 0.6) is 5.75 Å². The number of rotatable bonds is 5. The molecule has 0 saturated carbocycles. The quantitative estimate of drug-likeness (QED) is 0.859. The second kappa shape index (κ2) is 6.47. The zero-order valence-electron chi connectivity index (χ0n) is 10.4. The lowest BCUT2D eigenvalue weighted by atomic mass is 10.1. The molecule has 0 aliphatic carbocycles. The average Bonchev–Trinajstić information content (AvgIpc) is 2.91. The van der Waals surface area contributed by atoms with E-state index in [1.54, 1.807) is 24.3 Å². The fourth-order valence-electron chi connectivity index (χ4n) is 1.96. The van der Waals surface area contributed by atoms with Crippen molar-refractivity contribution < 1.29 is 18.3 Å². The van der Waals surface area contributed by atoms with Crippen molar-refractivity contribution in [1.82, 2.24) is 5.32 Å². The van der Waals surface area contributed by atoms with E-state index in [1.165, 1.54) is 0 Å². The Morgan fingerprint density at radius 2 is 2.26 bits per heavy atom. The van der Waals surface area contributed by atoms with Gasteiger partial charge in [0, 0.05) is 6.54 Å². The van der Waals surface area contributed by atoms with E-state index in [-0.39, 0.29) is 17.6 Å². The number of hydrogen-bond acceptors (Lipinski definition) is 3. The van der Waals surface area contributed by atoms with Crippen molar-refractivity contribution in [3.8, 4) is 5.75 Å². The molecule has 104 valence electrons. The van der Waals surface area contributed by atoms with Gasteiger partial charge in [-0.2, -0.15) is 0 Å². The molecule has 1 aliphatic rings. The highest BCUT2D eigenvalue weighted by molar-refractivity contribution is 5.94. The topological polar surface area (TPSA) is 50.4 Å². The van der Waals surface area contributed by atoms with Crippen molar-refractivity contribution in [2.24, 2.45) is 5.92 Å². The molecule has 1 atom stereocenters. The Bertz CT molecular complexity index is 434. The van der Waals surface area contributed by atoms with Crippen molar-refractivity contribution in [2.45, 2.75) is 12.8 Å². The average molecular weight is 270 g/mol. The fourth-order valence-corrected chi connectivity index (χ4v) is 1.96. The van der Waals surface area contributed by atoms with Crippen LogP contribution in [0.3, 0.4) is 0 Å². The van der Waals surface area contributed by atoms with Crippen LogP contribution in [0.2, 0.25) is 0 Å². The molecule has 1 aromatic rings. The Hall–Kier alpha value is -1.69. The smallest absolute Gasteiger partial charge is 0.272 e. The van der Waals surface area contributed by atoms with Gasteiger partial charge in [0.1, 0.15) is 12.4 Å². The maximum Gasteiger partial charge on any atom is 0.272 e. The summed E-state index contributed by atoms with van der Waals surface area (Å²) in [5.41, 5.74) is 0.431. The molecule has 0 aromatic heterocycles. The molecular weight excluding hydrogens is 254 g/mol. The highest BCUT2D eigenvalue weighted by Crippen LogP contribution is 2.25. The number of carbonyl (C=O) groups is 1. The lowest BCUT2D eigenvalue weighted by Gasteiger charge is -2.14. The number of alkyl halides is 2. The molecular formula is C13H16F2N2O2. The molecule has 1 aliphatic heterocycles. The minimum absolute atomic E-state index is 0.0804. The summed E-state index contributed by atoms with van der Waals surface area (Å²) in [6, 6.07) is 6.59. The molecule has 1 fully saturated rings. The van der Waals surface area contributed by atoms with Gasteiger partial charge in [-0.25, -0.2) is 8.78 Å². The highest BCUT2D eigenvalue weighted by atomic mass is 19.3. The number of anilines is 1. The van der Waals surface area contributed by atoms with Crippen molar-refractivity contribution in [2.75, 3.05) is 25.0 Å². The molecule has 1 aromatic carbocycles. The first-order chi connectivity index (χ1) is 9.16. The number of ether oxygens (including phenoxy) is 1. The molecule has 4 nitrogen and oxygen atoms in total. The van der Waals surface area contributed by atoms with E-state index in [9.17, 15) is 13.6 Å². The van der Waals surface area contributed by atoms with Gasteiger partial charge in [0.2, 0.25) is 5.91 Å².